The number of aliphatic carboxylic acids is 1. The number of hydrogen-bond donors (Lipinski definition) is 2. The van der Waals surface area contributed by atoms with Crippen LogP contribution < -0.4 is 5.32 Å². The normalized spacial score (nSPS) is 27.4. The van der Waals surface area contributed by atoms with E-state index in [0.29, 0.717) is 44.5 Å². The standard InChI is InChI=1S/C21H28N2O5/c1-13-11-23(12-14(2)28-13)20(25)16-5-3-15(4-6-16)10-22-19(24)17-7-8-18(9-17)21(26)27/h3-6,13-14,17-18H,7-12H2,1-2H3,(H,22,24)(H,26,27)/t13?,14?,17-,18+/m1/s1. The Labute approximate surface area is 165 Å². The summed E-state index contributed by atoms with van der Waals surface area (Å²) in [7, 11) is 0. The van der Waals surface area contributed by atoms with E-state index in [-0.39, 0.29) is 29.9 Å². The summed E-state index contributed by atoms with van der Waals surface area (Å²) in [5.41, 5.74) is 1.53. The summed E-state index contributed by atoms with van der Waals surface area (Å²) < 4.78 is 5.67. The van der Waals surface area contributed by atoms with Crippen LogP contribution in [0.4, 0.5) is 0 Å². The lowest BCUT2D eigenvalue weighted by Crippen LogP contribution is -2.48. The molecule has 1 aliphatic carbocycles. The zero-order valence-electron chi connectivity index (χ0n) is 16.4. The number of ether oxygens (including phenoxy) is 1. The first-order valence-corrected chi connectivity index (χ1v) is 9.87. The Kier molecular flexibility index (Phi) is 6.34. The number of morpholine rings is 1. The Balaban J connectivity index is 1.51. The maximum Gasteiger partial charge on any atom is 0.306 e. The fourth-order valence-corrected chi connectivity index (χ4v) is 4.07. The van der Waals surface area contributed by atoms with Crippen molar-refractivity contribution in [3.63, 3.8) is 0 Å². The van der Waals surface area contributed by atoms with Gasteiger partial charge in [0.25, 0.3) is 5.91 Å². The van der Waals surface area contributed by atoms with Gasteiger partial charge in [0.15, 0.2) is 0 Å². The maximum atomic E-state index is 12.7. The average Bonchev–Trinajstić information content (AvgIpc) is 3.16. The van der Waals surface area contributed by atoms with Crippen LogP contribution in [0.3, 0.4) is 0 Å². The van der Waals surface area contributed by atoms with Gasteiger partial charge in [-0.3, -0.25) is 14.4 Å². The molecule has 1 heterocycles. The minimum absolute atomic E-state index is 0.0109. The second-order valence-electron chi connectivity index (χ2n) is 7.93. The van der Waals surface area contributed by atoms with Gasteiger partial charge in [0, 0.05) is 31.1 Å². The molecule has 2 fully saturated rings. The van der Waals surface area contributed by atoms with Crippen molar-refractivity contribution in [3.05, 3.63) is 35.4 Å². The van der Waals surface area contributed by atoms with Gasteiger partial charge in [-0.1, -0.05) is 12.1 Å². The van der Waals surface area contributed by atoms with Crippen LogP contribution >= 0.6 is 0 Å². The minimum Gasteiger partial charge on any atom is -0.481 e. The molecule has 2 unspecified atom stereocenters. The van der Waals surface area contributed by atoms with Gasteiger partial charge in [-0.25, -0.2) is 0 Å². The zero-order valence-corrected chi connectivity index (χ0v) is 16.4. The Bertz CT molecular complexity index is 723. The molecule has 7 heteroatoms. The van der Waals surface area contributed by atoms with Crippen LogP contribution in [0.5, 0.6) is 0 Å². The van der Waals surface area contributed by atoms with Crippen LogP contribution in [0.1, 0.15) is 49.0 Å². The third kappa shape index (κ3) is 4.90. The van der Waals surface area contributed by atoms with E-state index >= 15 is 0 Å². The highest BCUT2D eigenvalue weighted by atomic mass is 16.5. The fraction of sp³-hybridized carbons (Fsp3) is 0.571. The molecule has 2 N–H and O–H groups in total. The first kappa shape index (κ1) is 20.3. The fourth-order valence-electron chi connectivity index (χ4n) is 4.07. The molecular weight excluding hydrogens is 360 g/mol. The number of nitrogens with zero attached hydrogens (tertiary/aromatic N) is 1. The second kappa shape index (κ2) is 8.73. The molecule has 2 aliphatic rings. The van der Waals surface area contributed by atoms with Gasteiger partial charge >= 0.3 is 5.97 Å². The predicted octanol–water partition coefficient (Wildman–Crippen LogP) is 2.05. The van der Waals surface area contributed by atoms with Crippen molar-refractivity contribution >= 4 is 17.8 Å². The summed E-state index contributed by atoms with van der Waals surface area (Å²) in [4.78, 5) is 37.8. The summed E-state index contributed by atoms with van der Waals surface area (Å²) in [5, 5.41) is 11.9. The first-order valence-electron chi connectivity index (χ1n) is 9.87. The molecule has 152 valence electrons. The largest absolute Gasteiger partial charge is 0.481 e. The van der Waals surface area contributed by atoms with E-state index in [1.807, 2.05) is 30.9 Å². The quantitative estimate of drug-likeness (QED) is 0.805. The van der Waals surface area contributed by atoms with Crippen molar-refractivity contribution in [2.45, 2.75) is 51.9 Å². The van der Waals surface area contributed by atoms with Crippen molar-refractivity contribution in [1.29, 1.82) is 0 Å². The molecule has 0 aromatic heterocycles. The monoisotopic (exact) mass is 388 g/mol. The van der Waals surface area contributed by atoms with Crippen LogP contribution in [-0.2, 0) is 20.9 Å². The Morgan fingerprint density at radius 2 is 1.68 bits per heavy atom. The van der Waals surface area contributed by atoms with Gasteiger partial charge in [0.2, 0.25) is 5.91 Å². The van der Waals surface area contributed by atoms with Gasteiger partial charge in [0.1, 0.15) is 0 Å². The van der Waals surface area contributed by atoms with Gasteiger partial charge < -0.3 is 20.1 Å². The number of rotatable bonds is 5. The zero-order chi connectivity index (χ0) is 20.3. The van der Waals surface area contributed by atoms with Gasteiger partial charge in [-0.15, -0.1) is 0 Å². The number of nitrogens with one attached hydrogen (secondary N) is 1. The number of carboxylic acids is 1. The van der Waals surface area contributed by atoms with E-state index in [1.165, 1.54) is 0 Å². The van der Waals surface area contributed by atoms with Crippen molar-refractivity contribution in [2.75, 3.05) is 13.1 Å². The summed E-state index contributed by atoms with van der Waals surface area (Å²) >= 11 is 0. The third-order valence-corrected chi connectivity index (χ3v) is 5.53. The maximum absolute atomic E-state index is 12.7. The third-order valence-electron chi connectivity index (χ3n) is 5.53. The number of benzene rings is 1. The molecule has 1 aromatic rings. The van der Waals surface area contributed by atoms with E-state index in [2.05, 4.69) is 5.32 Å². The molecule has 0 radical (unpaired) electrons. The lowest BCUT2D eigenvalue weighted by molar-refractivity contribution is -0.141. The number of carbonyl (C=O) groups is 3. The molecular formula is C21H28N2O5. The molecule has 1 aliphatic heterocycles. The highest BCUT2D eigenvalue weighted by Crippen LogP contribution is 2.31. The molecule has 1 saturated heterocycles. The topological polar surface area (TPSA) is 95.9 Å². The molecule has 28 heavy (non-hydrogen) atoms. The van der Waals surface area contributed by atoms with Crippen LogP contribution in [0, 0.1) is 11.8 Å². The van der Waals surface area contributed by atoms with Crippen LogP contribution in [0.15, 0.2) is 24.3 Å². The number of amides is 2. The highest BCUT2D eigenvalue weighted by Gasteiger charge is 2.33. The smallest absolute Gasteiger partial charge is 0.306 e. The van der Waals surface area contributed by atoms with Crippen molar-refractivity contribution in [2.24, 2.45) is 11.8 Å². The van der Waals surface area contributed by atoms with Crippen LogP contribution in [0.2, 0.25) is 0 Å². The van der Waals surface area contributed by atoms with Crippen molar-refractivity contribution in [3.8, 4) is 0 Å². The molecule has 1 saturated carbocycles. The highest BCUT2D eigenvalue weighted by molar-refractivity contribution is 5.94. The van der Waals surface area contributed by atoms with E-state index < -0.39 is 11.9 Å². The van der Waals surface area contributed by atoms with Gasteiger partial charge in [-0.2, -0.15) is 0 Å². The van der Waals surface area contributed by atoms with Crippen LogP contribution in [0.25, 0.3) is 0 Å². The van der Waals surface area contributed by atoms with Crippen molar-refractivity contribution < 1.29 is 24.2 Å². The van der Waals surface area contributed by atoms with E-state index in [1.54, 1.807) is 12.1 Å². The molecule has 1 aromatic carbocycles. The Morgan fingerprint density at radius 1 is 1.07 bits per heavy atom. The molecule has 2 amide bonds. The lowest BCUT2D eigenvalue weighted by Gasteiger charge is -2.35. The lowest BCUT2D eigenvalue weighted by atomic mass is 10.0. The summed E-state index contributed by atoms with van der Waals surface area (Å²) in [6.07, 6.45) is 1.64. The van der Waals surface area contributed by atoms with Gasteiger partial charge in [0.05, 0.1) is 18.1 Å². The summed E-state index contributed by atoms with van der Waals surface area (Å²) in [6, 6.07) is 7.25. The molecule has 0 spiro atoms. The molecule has 7 nitrogen and oxygen atoms in total. The average molecular weight is 388 g/mol. The SMILES string of the molecule is CC1CN(C(=O)c2ccc(CNC(=O)[C@@H]3CC[C@H](C(=O)O)C3)cc2)CC(C)O1. The van der Waals surface area contributed by atoms with Crippen molar-refractivity contribution in [1.82, 2.24) is 10.2 Å². The minimum atomic E-state index is -0.820. The summed E-state index contributed by atoms with van der Waals surface area (Å²) in [6.45, 7) is 5.46. The van der Waals surface area contributed by atoms with E-state index in [9.17, 15) is 14.4 Å². The van der Waals surface area contributed by atoms with Gasteiger partial charge in [-0.05, 0) is 50.8 Å². The molecule has 3 rings (SSSR count). The number of hydrogen-bond acceptors (Lipinski definition) is 4. The predicted molar refractivity (Wildman–Crippen MR) is 103 cm³/mol. The summed E-state index contributed by atoms with van der Waals surface area (Å²) in [5.74, 6) is -1.57. The Hall–Kier alpha value is -2.41. The van der Waals surface area contributed by atoms with Crippen LogP contribution in [-0.4, -0.2) is 53.1 Å². The second-order valence-corrected chi connectivity index (χ2v) is 7.93. The number of carbonyl (C=O) groups excluding carboxylic acids is 2. The Morgan fingerprint density at radius 3 is 2.25 bits per heavy atom. The van der Waals surface area contributed by atoms with E-state index in [4.69, 9.17) is 9.84 Å². The number of carboxylic acid groups (broad SMARTS) is 1. The first-order chi connectivity index (χ1) is 13.3. The molecule has 0 bridgehead atoms. The van der Waals surface area contributed by atoms with E-state index in [0.717, 1.165) is 5.56 Å². The molecule has 4 atom stereocenters.